The van der Waals surface area contributed by atoms with Crippen molar-refractivity contribution < 1.29 is 19.4 Å². The number of hydrogen-bond donors (Lipinski definition) is 2. The Hall–Kier alpha value is -0.860. The lowest BCUT2D eigenvalue weighted by atomic mass is 10.2. The molecule has 0 radical (unpaired) electrons. The lowest BCUT2D eigenvalue weighted by molar-refractivity contribution is -0.143. The fourth-order valence-corrected chi connectivity index (χ4v) is 1.72. The normalized spacial score (nSPS) is 11.8. The minimum absolute atomic E-state index is 0.308. The number of rotatable bonds is 4. The molecule has 0 fully saturated rings. The summed E-state index contributed by atoms with van der Waals surface area (Å²) in [7, 11) is 1.18. The molecular formula is C11H11ClINO4. The van der Waals surface area contributed by atoms with E-state index in [-0.39, 0.29) is 0 Å². The molecule has 0 spiro atoms. The predicted molar refractivity (Wildman–Crippen MR) is 74.5 cm³/mol. The summed E-state index contributed by atoms with van der Waals surface area (Å²) in [5, 5.41) is 11.8. The summed E-state index contributed by atoms with van der Waals surface area (Å²) in [5.74, 6) is -1.21. The highest BCUT2D eigenvalue weighted by atomic mass is 127. The molecule has 0 aliphatic carbocycles. The molecule has 0 saturated heterocycles. The van der Waals surface area contributed by atoms with Crippen LogP contribution in [0.15, 0.2) is 18.2 Å². The minimum Gasteiger partial charge on any atom is -0.467 e. The molecule has 0 aromatic heterocycles. The molecule has 1 aromatic carbocycles. The number of ether oxygens (including phenoxy) is 1. The Labute approximate surface area is 123 Å². The third-order valence-corrected chi connectivity index (χ3v) is 3.73. The van der Waals surface area contributed by atoms with Gasteiger partial charge in [-0.05, 0) is 40.8 Å². The zero-order valence-electron chi connectivity index (χ0n) is 9.44. The van der Waals surface area contributed by atoms with Crippen molar-refractivity contribution in [3.8, 4) is 0 Å². The molecule has 0 heterocycles. The standard InChI is InChI=1S/C11H11ClINO4/c1-18-11(17)9(5-15)14-10(16)6-2-3-8(13)7(12)4-6/h2-4,9,15H,5H2,1H3,(H,14,16). The number of halogens is 2. The maximum Gasteiger partial charge on any atom is 0.330 e. The fourth-order valence-electron chi connectivity index (χ4n) is 1.20. The molecule has 0 aliphatic heterocycles. The summed E-state index contributed by atoms with van der Waals surface area (Å²) in [5.41, 5.74) is 0.308. The quantitative estimate of drug-likeness (QED) is 0.605. The molecule has 7 heteroatoms. The molecule has 2 N–H and O–H groups in total. The Morgan fingerprint density at radius 2 is 2.22 bits per heavy atom. The average Bonchev–Trinajstić information content (AvgIpc) is 2.37. The van der Waals surface area contributed by atoms with Gasteiger partial charge in [0.15, 0.2) is 6.04 Å². The second-order valence-electron chi connectivity index (χ2n) is 3.36. The first-order valence-corrected chi connectivity index (χ1v) is 6.40. The van der Waals surface area contributed by atoms with E-state index in [0.717, 1.165) is 3.57 Å². The minimum atomic E-state index is -1.08. The number of nitrogens with one attached hydrogen (secondary N) is 1. The second-order valence-corrected chi connectivity index (χ2v) is 4.93. The van der Waals surface area contributed by atoms with Gasteiger partial charge < -0.3 is 15.2 Å². The molecule has 5 nitrogen and oxygen atoms in total. The summed E-state index contributed by atoms with van der Waals surface area (Å²) < 4.78 is 5.26. The molecule has 0 bridgehead atoms. The molecular weight excluding hydrogens is 372 g/mol. The van der Waals surface area contributed by atoms with Gasteiger partial charge in [0.1, 0.15) is 0 Å². The van der Waals surface area contributed by atoms with Gasteiger partial charge in [0.05, 0.1) is 18.7 Å². The topological polar surface area (TPSA) is 75.6 Å². The SMILES string of the molecule is COC(=O)C(CO)NC(=O)c1ccc(I)c(Cl)c1. The number of carbonyl (C=O) groups excluding carboxylic acids is 2. The fraction of sp³-hybridized carbons (Fsp3) is 0.273. The molecule has 98 valence electrons. The monoisotopic (exact) mass is 383 g/mol. The molecule has 1 atom stereocenters. The number of amides is 1. The van der Waals surface area contributed by atoms with Crippen molar-refractivity contribution in [3.05, 3.63) is 32.4 Å². The Morgan fingerprint density at radius 3 is 2.72 bits per heavy atom. The van der Waals surface area contributed by atoms with Crippen molar-refractivity contribution in [2.75, 3.05) is 13.7 Å². The molecule has 1 rings (SSSR count). The van der Waals surface area contributed by atoms with Crippen LogP contribution < -0.4 is 5.32 Å². The molecule has 1 unspecified atom stereocenters. The van der Waals surface area contributed by atoms with Gasteiger partial charge in [-0.1, -0.05) is 11.6 Å². The number of aliphatic hydroxyl groups excluding tert-OH is 1. The van der Waals surface area contributed by atoms with E-state index in [2.05, 4.69) is 10.1 Å². The zero-order chi connectivity index (χ0) is 13.7. The Morgan fingerprint density at radius 1 is 1.56 bits per heavy atom. The molecule has 1 amide bonds. The highest BCUT2D eigenvalue weighted by Crippen LogP contribution is 2.19. The number of carbonyl (C=O) groups is 2. The molecule has 0 aliphatic rings. The highest BCUT2D eigenvalue weighted by molar-refractivity contribution is 14.1. The smallest absolute Gasteiger partial charge is 0.330 e. The zero-order valence-corrected chi connectivity index (χ0v) is 12.4. The predicted octanol–water partition coefficient (Wildman–Crippen LogP) is 1.21. The largest absolute Gasteiger partial charge is 0.467 e. The van der Waals surface area contributed by atoms with Gasteiger partial charge in [-0.25, -0.2) is 4.79 Å². The number of aliphatic hydroxyl groups is 1. The van der Waals surface area contributed by atoms with Crippen LogP contribution in [0.1, 0.15) is 10.4 Å². The second kappa shape index (κ2) is 6.91. The van der Waals surface area contributed by atoms with Crippen LogP contribution >= 0.6 is 34.2 Å². The van der Waals surface area contributed by atoms with Crippen LogP contribution in [0.4, 0.5) is 0 Å². The number of benzene rings is 1. The van der Waals surface area contributed by atoms with E-state index in [0.29, 0.717) is 10.6 Å². The Bertz CT molecular complexity index is 466. The Balaban J connectivity index is 2.81. The van der Waals surface area contributed by atoms with Gasteiger partial charge in [0, 0.05) is 9.13 Å². The lowest BCUT2D eigenvalue weighted by Gasteiger charge is -2.13. The van der Waals surface area contributed by atoms with E-state index in [9.17, 15) is 9.59 Å². The summed E-state index contributed by atoms with van der Waals surface area (Å²) >= 11 is 7.93. The van der Waals surface area contributed by atoms with E-state index >= 15 is 0 Å². The highest BCUT2D eigenvalue weighted by Gasteiger charge is 2.21. The summed E-state index contributed by atoms with van der Waals surface area (Å²) in [4.78, 5) is 23.0. The van der Waals surface area contributed by atoms with Crippen LogP contribution in [-0.2, 0) is 9.53 Å². The van der Waals surface area contributed by atoms with Crippen molar-refractivity contribution in [3.63, 3.8) is 0 Å². The van der Waals surface area contributed by atoms with E-state index in [1.54, 1.807) is 12.1 Å². The average molecular weight is 384 g/mol. The third kappa shape index (κ3) is 3.82. The first-order valence-electron chi connectivity index (χ1n) is 4.94. The van der Waals surface area contributed by atoms with Crippen LogP contribution in [0.2, 0.25) is 5.02 Å². The maximum atomic E-state index is 11.8. The van der Waals surface area contributed by atoms with E-state index in [1.807, 2.05) is 22.6 Å². The van der Waals surface area contributed by atoms with Crippen molar-refractivity contribution in [2.24, 2.45) is 0 Å². The van der Waals surface area contributed by atoms with Crippen molar-refractivity contribution in [1.29, 1.82) is 0 Å². The first kappa shape index (κ1) is 15.2. The van der Waals surface area contributed by atoms with E-state index in [4.69, 9.17) is 16.7 Å². The Kier molecular flexibility index (Phi) is 5.83. The molecule has 1 aromatic rings. The van der Waals surface area contributed by atoms with Gasteiger partial charge in [-0.2, -0.15) is 0 Å². The van der Waals surface area contributed by atoms with Crippen LogP contribution in [0.5, 0.6) is 0 Å². The van der Waals surface area contributed by atoms with Crippen molar-refractivity contribution in [2.45, 2.75) is 6.04 Å². The van der Waals surface area contributed by atoms with Crippen molar-refractivity contribution in [1.82, 2.24) is 5.32 Å². The maximum absolute atomic E-state index is 11.8. The van der Waals surface area contributed by atoms with Gasteiger partial charge in [-0.15, -0.1) is 0 Å². The van der Waals surface area contributed by atoms with Crippen LogP contribution in [0.3, 0.4) is 0 Å². The summed E-state index contributed by atoms with van der Waals surface area (Å²) in [6.45, 7) is -0.531. The van der Waals surface area contributed by atoms with Crippen LogP contribution in [0.25, 0.3) is 0 Å². The van der Waals surface area contributed by atoms with Crippen molar-refractivity contribution >= 4 is 46.1 Å². The number of hydrogen-bond acceptors (Lipinski definition) is 4. The first-order chi connectivity index (χ1) is 8.49. The van der Waals surface area contributed by atoms with Gasteiger partial charge in [0.2, 0.25) is 0 Å². The van der Waals surface area contributed by atoms with E-state index < -0.39 is 24.5 Å². The van der Waals surface area contributed by atoms with E-state index in [1.165, 1.54) is 13.2 Å². The third-order valence-electron chi connectivity index (χ3n) is 2.16. The van der Waals surface area contributed by atoms with Crippen LogP contribution in [-0.4, -0.2) is 36.7 Å². The van der Waals surface area contributed by atoms with Gasteiger partial charge in [-0.3, -0.25) is 4.79 Å². The summed E-state index contributed by atoms with van der Waals surface area (Å²) in [6, 6.07) is 3.67. The number of esters is 1. The van der Waals surface area contributed by atoms with Crippen LogP contribution in [0, 0.1) is 3.57 Å². The number of methoxy groups -OCH3 is 1. The van der Waals surface area contributed by atoms with Gasteiger partial charge in [0.25, 0.3) is 5.91 Å². The molecule has 0 saturated carbocycles. The summed E-state index contributed by atoms with van der Waals surface area (Å²) in [6.07, 6.45) is 0. The lowest BCUT2D eigenvalue weighted by Crippen LogP contribution is -2.44. The van der Waals surface area contributed by atoms with Gasteiger partial charge >= 0.3 is 5.97 Å². The molecule has 18 heavy (non-hydrogen) atoms.